The maximum Gasteiger partial charge on any atom is 0.270 e. The number of benzene rings is 1. The zero-order valence-corrected chi connectivity index (χ0v) is 12.3. The molecule has 1 heterocycles. The van der Waals surface area contributed by atoms with Crippen LogP contribution in [0.5, 0.6) is 0 Å². The molecule has 0 radical (unpaired) electrons. The number of nitrogens with one attached hydrogen (secondary N) is 2. The van der Waals surface area contributed by atoms with Crippen LogP contribution in [0.1, 0.15) is 11.3 Å². The molecule has 0 amide bonds. The van der Waals surface area contributed by atoms with Gasteiger partial charge < -0.3 is 5.32 Å². The SMILES string of the molecule is Cc1[nH]ncc1CNc1ccc([N+](=O)[O-])cc1S(C)(=O)=O. The standard InChI is InChI=1S/C12H14N4O4S/c1-8-9(7-14-15-8)6-13-11-4-3-10(16(17)18)5-12(11)21(2,19)20/h3-5,7,13H,6H2,1-2H3,(H,14,15). The molecule has 0 unspecified atom stereocenters. The lowest BCUT2D eigenvalue weighted by molar-refractivity contribution is -0.385. The molecule has 21 heavy (non-hydrogen) atoms. The molecule has 9 heteroatoms. The van der Waals surface area contributed by atoms with Crippen molar-refractivity contribution < 1.29 is 13.3 Å². The van der Waals surface area contributed by atoms with E-state index >= 15 is 0 Å². The number of hydrogen-bond donors (Lipinski definition) is 2. The molecule has 0 fully saturated rings. The summed E-state index contributed by atoms with van der Waals surface area (Å²) in [6, 6.07) is 3.71. The first-order chi connectivity index (χ1) is 9.79. The monoisotopic (exact) mass is 310 g/mol. The summed E-state index contributed by atoms with van der Waals surface area (Å²) in [6.45, 7) is 2.21. The third-order valence-electron chi connectivity index (χ3n) is 2.98. The number of nitrogens with zero attached hydrogens (tertiary/aromatic N) is 2. The lowest BCUT2D eigenvalue weighted by Gasteiger charge is -2.10. The van der Waals surface area contributed by atoms with Gasteiger partial charge in [-0.1, -0.05) is 0 Å². The molecule has 0 bridgehead atoms. The van der Waals surface area contributed by atoms with E-state index in [-0.39, 0.29) is 10.6 Å². The highest BCUT2D eigenvalue weighted by Gasteiger charge is 2.18. The number of rotatable bonds is 5. The molecule has 2 N–H and O–H groups in total. The fourth-order valence-corrected chi connectivity index (χ4v) is 2.70. The van der Waals surface area contributed by atoms with Crippen molar-refractivity contribution in [1.82, 2.24) is 10.2 Å². The van der Waals surface area contributed by atoms with Gasteiger partial charge in [-0.25, -0.2) is 8.42 Å². The van der Waals surface area contributed by atoms with Crippen LogP contribution >= 0.6 is 0 Å². The lowest BCUT2D eigenvalue weighted by Crippen LogP contribution is -2.07. The Morgan fingerprint density at radius 1 is 1.43 bits per heavy atom. The number of aromatic amines is 1. The van der Waals surface area contributed by atoms with Gasteiger partial charge in [0, 0.05) is 36.2 Å². The first-order valence-electron chi connectivity index (χ1n) is 6.00. The van der Waals surface area contributed by atoms with E-state index in [1.165, 1.54) is 12.1 Å². The van der Waals surface area contributed by atoms with E-state index in [0.717, 1.165) is 23.6 Å². The van der Waals surface area contributed by atoms with E-state index in [1.807, 2.05) is 6.92 Å². The molecule has 112 valence electrons. The molecule has 2 aromatic rings. The van der Waals surface area contributed by atoms with Gasteiger partial charge in [0.25, 0.3) is 5.69 Å². The smallest absolute Gasteiger partial charge is 0.270 e. The third kappa shape index (κ3) is 3.37. The summed E-state index contributed by atoms with van der Waals surface area (Å²) in [6.07, 6.45) is 2.65. The van der Waals surface area contributed by atoms with E-state index in [0.29, 0.717) is 12.2 Å². The van der Waals surface area contributed by atoms with Crippen molar-refractivity contribution in [3.63, 3.8) is 0 Å². The summed E-state index contributed by atoms with van der Waals surface area (Å²) in [5.41, 5.74) is 1.81. The molecule has 0 saturated heterocycles. The van der Waals surface area contributed by atoms with Crippen LogP contribution in [-0.4, -0.2) is 29.8 Å². The molecule has 0 saturated carbocycles. The fraction of sp³-hybridized carbons (Fsp3) is 0.250. The molecule has 0 aliphatic rings. The van der Waals surface area contributed by atoms with Crippen molar-refractivity contribution >= 4 is 21.2 Å². The molecule has 0 aliphatic heterocycles. The molecular formula is C12H14N4O4S. The number of nitro benzene ring substituents is 1. The van der Waals surface area contributed by atoms with Gasteiger partial charge in [-0.3, -0.25) is 15.2 Å². The molecule has 2 rings (SSSR count). The number of hydrogen-bond acceptors (Lipinski definition) is 6. The van der Waals surface area contributed by atoms with E-state index in [4.69, 9.17) is 0 Å². The van der Waals surface area contributed by atoms with Crippen LogP contribution in [0.25, 0.3) is 0 Å². The Kier molecular flexibility index (Phi) is 3.94. The van der Waals surface area contributed by atoms with Crippen LogP contribution in [0.2, 0.25) is 0 Å². The molecule has 1 aromatic heterocycles. The molecular weight excluding hydrogens is 296 g/mol. The Morgan fingerprint density at radius 2 is 2.14 bits per heavy atom. The van der Waals surface area contributed by atoms with Crippen molar-refractivity contribution in [2.45, 2.75) is 18.4 Å². The number of nitro groups is 1. The Bertz CT molecular complexity index is 782. The maximum atomic E-state index is 11.8. The summed E-state index contributed by atoms with van der Waals surface area (Å²) in [7, 11) is -3.58. The van der Waals surface area contributed by atoms with E-state index in [2.05, 4.69) is 15.5 Å². The van der Waals surface area contributed by atoms with Crippen molar-refractivity contribution in [2.24, 2.45) is 0 Å². The fourth-order valence-electron chi connectivity index (χ4n) is 1.82. The van der Waals surface area contributed by atoms with Crippen LogP contribution in [-0.2, 0) is 16.4 Å². The van der Waals surface area contributed by atoms with Gasteiger partial charge in [-0.2, -0.15) is 5.10 Å². The summed E-state index contributed by atoms with van der Waals surface area (Å²) in [4.78, 5) is 10.0. The minimum atomic E-state index is -3.58. The van der Waals surface area contributed by atoms with Crippen LogP contribution < -0.4 is 5.32 Å². The highest BCUT2D eigenvalue weighted by atomic mass is 32.2. The van der Waals surface area contributed by atoms with Crippen molar-refractivity contribution in [3.8, 4) is 0 Å². The number of aryl methyl sites for hydroxylation is 1. The number of H-pyrrole nitrogens is 1. The summed E-state index contributed by atoms with van der Waals surface area (Å²) < 4.78 is 23.6. The van der Waals surface area contributed by atoms with Gasteiger partial charge in [0.05, 0.1) is 21.7 Å². The minimum absolute atomic E-state index is 0.0992. The van der Waals surface area contributed by atoms with Crippen LogP contribution in [0, 0.1) is 17.0 Å². The molecule has 0 aliphatic carbocycles. The summed E-state index contributed by atoms with van der Waals surface area (Å²) >= 11 is 0. The molecule has 1 aromatic carbocycles. The van der Waals surface area contributed by atoms with E-state index in [9.17, 15) is 18.5 Å². The van der Waals surface area contributed by atoms with Gasteiger partial charge in [0.15, 0.2) is 9.84 Å². The second kappa shape index (κ2) is 5.52. The highest BCUT2D eigenvalue weighted by molar-refractivity contribution is 7.90. The largest absolute Gasteiger partial charge is 0.380 e. The zero-order chi connectivity index (χ0) is 15.6. The van der Waals surface area contributed by atoms with E-state index in [1.54, 1.807) is 6.20 Å². The maximum absolute atomic E-state index is 11.8. The Labute approximate surface area is 121 Å². The van der Waals surface area contributed by atoms with Gasteiger partial charge in [0.1, 0.15) is 0 Å². The van der Waals surface area contributed by atoms with Crippen LogP contribution in [0.4, 0.5) is 11.4 Å². The van der Waals surface area contributed by atoms with Gasteiger partial charge in [-0.15, -0.1) is 0 Å². The first-order valence-corrected chi connectivity index (χ1v) is 7.89. The zero-order valence-electron chi connectivity index (χ0n) is 11.5. The van der Waals surface area contributed by atoms with Gasteiger partial charge in [0.2, 0.25) is 0 Å². The normalized spacial score (nSPS) is 11.3. The quantitative estimate of drug-likeness (QED) is 0.640. The molecule has 0 spiro atoms. The highest BCUT2D eigenvalue weighted by Crippen LogP contribution is 2.26. The Morgan fingerprint density at radius 3 is 2.67 bits per heavy atom. The summed E-state index contributed by atoms with van der Waals surface area (Å²) in [5.74, 6) is 0. The predicted molar refractivity (Wildman–Crippen MR) is 76.9 cm³/mol. The van der Waals surface area contributed by atoms with Crippen LogP contribution in [0.3, 0.4) is 0 Å². The number of anilines is 1. The number of aromatic nitrogens is 2. The van der Waals surface area contributed by atoms with Crippen molar-refractivity contribution in [1.29, 1.82) is 0 Å². The van der Waals surface area contributed by atoms with Gasteiger partial charge in [-0.05, 0) is 13.0 Å². The molecule has 8 nitrogen and oxygen atoms in total. The Hall–Kier alpha value is -2.42. The lowest BCUT2D eigenvalue weighted by atomic mass is 10.2. The molecule has 0 atom stereocenters. The van der Waals surface area contributed by atoms with Crippen molar-refractivity contribution in [2.75, 3.05) is 11.6 Å². The number of non-ortho nitro benzene ring substituents is 1. The minimum Gasteiger partial charge on any atom is -0.380 e. The average Bonchev–Trinajstić information content (AvgIpc) is 2.80. The van der Waals surface area contributed by atoms with Crippen molar-refractivity contribution in [3.05, 3.63) is 45.8 Å². The first kappa shape index (κ1) is 15.0. The van der Waals surface area contributed by atoms with E-state index < -0.39 is 14.8 Å². The second-order valence-corrected chi connectivity index (χ2v) is 6.57. The topological polar surface area (TPSA) is 118 Å². The third-order valence-corrected chi connectivity index (χ3v) is 4.12. The second-order valence-electron chi connectivity index (χ2n) is 4.58. The average molecular weight is 310 g/mol. The summed E-state index contributed by atoms with van der Waals surface area (Å²) in [5, 5.41) is 20.4. The number of sulfone groups is 1. The Balaban J connectivity index is 2.35. The predicted octanol–water partition coefficient (Wildman–Crippen LogP) is 1.64. The van der Waals surface area contributed by atoms with Crippen LogP contribution in [0.15, 0.2) is 29.3 Å². The van der Waals surface area contributed by atoms with Gasteiger partial charge >= 0.3 is 0 Å².